The van der Waals surface area contributed by atoms with Crippen LogP contribution in [0.5, 0.6) is 0 Å². The van der Waals surface area contributed by atoms with Crippen LogP contribution in [-0.2, 0) is 21.9 Å². The highest BCUT2D eigenvalue weighted by atomic mass is 32.2. The molecule has 2 amide bonds. The summed E-state index contributed by atoms with van der Waals surface area (Å²) in [7, 11) is -2.36. The topological polar surface area (TPSA) is 118 Å². The van der Waals surface area contributed by atoms with Crippen molar-refractivity contribution in [2.24, 2.45) is 12.2 Å². The van der Waals surface area contributed by atoms with Gasteiger partial charge in [0, 0.05) is 58.1 Å². The van der Waals surface area contributed by atoms with Crippen LogP contribution in [0, 0.1) is 5.82 Å². The van der Waals surface area contributed by atoms with Crippen LogP contribution in [0.2, 0.25) is 0 Å². The highest BCUT2D eigenvalue weighted by Crippen LogP contribution is 2.17. The molecule has 1 saturated heterocycles. The third kappa shape index (κ3) is 5.16. The van der Waals surface area contributed by atoms with Crippen LogP contribution in [0.25, 0.3) is 0 Å². The number of hydrogen-bond donors (Lipinski definition) is 2. The number of carbonyl (C=O) groups excluding carboxylic acids is 2. The molecule has 2 heterocycles. The van der Waals surface area contributed by atoms with Crippen molar-refractivity contribution in [3.63, 3.8) is 0 Å². The molecule has 0 spiro atoms. The number of benzene rings is 1. The zero-order valence-corrected chi connectivity index (χ0v) is 17.4. The van der Waals surface area contributed by atoms with Gasteiger partial charge in [-0.05, 0) is 30.3 Å². The molecule has 3 rings (SSSR count). The first-order chi connectivity index (χ1) is 14.1. The summed E-state index contributed by atoms with van der Waals surface area (Å²) in [4.78, 5) is 28.3. The molecule has 1 fully saturated rings. The molecule has 1 aromatic heterocycles. The Bertz CT molecular complexity index is 1030. The molecule has 0 aliphatic carbocycles. The van der Waals surface area contributed by atoms with Gasteiger partial charge in [-0.25, -0.2) is 17.9 Å². The second kappa shape index (κ2) is 8.84. The summed E-state index contributed by atoms with van der Waals surface area (Å²) in [5.41, 5.74) is 1.05. The molecule has 2 aromatic rings. The van der Waals surface area contributed by atoms with Crippen molar-refractivity contribution in [1.82, 2.24) is 14.8 Å². The van der Waals surface area contributed by atoms with E-state index in [1.54, 1.807) is 17.0 Å². The van der Waals surface area contributed by atoms with E-state index in [-0.39, 0.29) is 35.3 Å². The number of aryl methyl sites for hydroxylation is 1. The SMILES string of the molecule is Cn1cc(S(N)(=O)=O)cc1C(=O)NCCC(=O)N1CCN(c2ccc(F)cc2)CC1. The van der Waals surface area contributed by atoms with Crippen LogP contribution in [0.4, 0.5) is 10.1 Å². The third-order valence-electron chi connectivity index (χ3n) is 4.99. The largest absolute Gasteiger partial charge is 0.368 e. The van der Waals surface area contributed by atoms with Gasteiger partial charge in [-0.2, -0.15) is 0 Å². The van der Waals surface area contributed by atoms with Crippen molar-refractivity contribution < 1.29 is 22.4 Å². The van der Waals surface area contributed by atoms with E-state index in [1.165, 1.54) is 36.0 Å². The monoisotopic (exact) mass is 437 g/mol. The minimum Gasteiger partial charge on any atom is -0.368 e. The summed E-state index contributed by atoms with van der Waals surface area (Å²) in [6, 6.07) is 7.45. The van der Waals surface area contributed by atoms with Gasteiger partial charge in [-0.1, -0.05) is 0 Å². The van der Waals surface area contributed by atoms with Gasteiger partial charge in [-0.3, -0.25) is 9.59 Å². The number of hydrogen-bond acceptors (Lipinski definition) is 5. The van der Waals surface area contributed by atoms with Crippen molar-refractivity contribution in [2.45, 2.75) is 11.3 Å². The smallest absolute Gasteiger partial charge is 0.267 e. The molecule has 11 heteroatoms. The van der Waals surface area contributed by atoms with E-state index in [0.717, 1.165) is 5.69 Å². The fraction of sp³-hybridized carbons (Fsp3) is 0.368. The first-order valence-electron chi connectivity index (χ1n) is 9.41. The first-order valence-corrected chi connectivity index (χ1v) is 11.0. The summed E-state index contributed by atoms with van der Waals surface area (Å²) in [6.45, 7) is 2.50. The third-order valence-corrected chi connectivity index (χ3v) is 5.87. The zero-order chi connectivity index (χ0) is 21.9. The van der Waals surface area contributed by atoms with Gasteiger partial charge in [0.25, 0.3) is 5.91 Å². The Morgan fingerprint density at radius 3 is 2.33 bits per heavy atom. The zero-order valence-electron chi connectivity index (χ0n) is 16.5. The fourth-order valence-corrected chi connectivity index (χ4v) is 3.89. The Morgan fingerprint density at radius 2 is 1.77 bits per heavy atom. The van der Waals surface area contributed by atoms with Gasteiger partial charge >= 0.3 is 0 Å². The molecule has 0 saturated carbocycles. The van der Waals surface area contributed by atoms with Crippen LogP contribution in [0.15, 0.2) is 41.4 Å². The van der Waals surface area contributed by atoms with E-state index >= 15 is 0 Å². The Morgan fingerprint density at radius 1 is 1.13 bits per heavy atom. The molecule has 1 aliphatic heterocycles. The number of anilines is 1. The van der Waals surface area contributed by atoms with E-state index in [0.29, 0.717) is 26.2 Å². The predicted molar refractivity (Wildman–Crippen MR) is 109 cm³/mol. The van der Waals surface area contributed by atoms with Gasteiger partial charge < -0.3 is 19.7 Å². The van der Waals surface area contributed by atoms with Crippen LogP contribution in [0.3, 0.4) is 0 Å². The number of amides is 2. The minimum atomic E-state index is -3.90. The van der Waals surface area contributed by atoms with E-state index in [9.17, 15) is 22.4 Å². The number of nitrogens with two attached hydrogens (primary N) is 1. The summed E-state index contributed by atoms with van der Waals surface area (Å²) >= 11 is 0. The number of primary sulfonamides is 1. The summed E-state index contributed by atoms with van der Waals surface area (Å²) in [5, 5.41) is 7.70. The van der Waals surface area contributed by atoms with Crippen molar-refractivity contribution in [3.8, 4) is 0 Å². The van der Waals surface area contributed by atoms with Crippen LogP contribution in [0.1, 0.15) is 16.9 Å². The average molecular weight is 437 g/mol. The maximum absolute atomic E-state index is 13.0. The average Bonchev–Trinajstić information content (AvgIpc) is 3.11. The van der Waals surface area contributed by atoms with E-state index < -0.39 is 15.9 Å². The van der Waals surface area contributed by atoms with E-state index in [1.807, 2.05) is 0 Å². The molecule has 3 N–H and O–H groups in total. The lowest BCUT2D eigenvalue weighted by Crippen LogP contribution is -2.49. The second-order valence-corrected chi connectivity index (χ2v) is 8.63. The van der Waals surface area contributed by atoms with Crippen LogP contribution < -0.4 is 15.4 Å². The summed E-state index contributed by atoms with van der Waals surface area (Å²) in [6.07, 6.45) is 1.39. The molecule has 9 nitrogen and oxygen atoms in total. The second-order valence-electron chi connectivity index (χ2n) is 7.07. The lowest BCUT2D eigenvalue weighted by Gasteiger charge is -2.36. The Labute approximate surface area is 174 Å². The van der Waals surface area contributed by atoms with Gasteiger partial charge in [0.05, 0.1) is 0 Å². The van der Waals surface area contributed by atoms with Crippen molar-refractivity contribution in [2.75, 3.05) is 37.6 Å². The molecule has 0 unspecified atom stereocenters. The predicted octanol–water partition coefficient (Wildman–Crippen LogP) is 0.280. The Hall–Kier alpha value is -2.92. The van der Waals surface area contributed by atoms with Crippen LogP contribution >= 0.6 is 0 Å². The van der Waals surface area contributed by atoms with Crippen molar-refractivity contribution in [1.29, 1.82) is 0 Å². The molecule has 0 radical (unpaired) electrons. The van der Waals surface area contributed by atoms with Crippen molar-refractivity contribution in [3.05, 3.63) is 48.0 Å². The summed E-state index contributed by atoms with van der Waals surface area (Å²) < 4.78 is 37.2. The maximum atomic E-state index is 13.0. The van der Waals surface area contributed by atoms with Gasteiger partial charge in [0.1, 0.15) is 16.4 Å². The number of piperazine rings is 1. The molecule has 0 bridgehead atoms. The van der Waals surface area contributed by atoms with Gasteiger partial charge in [0.2, 0.25) is 15.9 Å². The number of carbonyl (C=O) groups is 2. The van der Waals surface area contributed by atoms with Gasteiger partial charge in [0.15, 0.2) is 0 Å². The number of nitrogens with zero attached hydrogens (tertiary/aromatic N) is 3. The molecular weight excluding hydrogens is 413 g/mol. The number of rotatable bonds is 6. The van der Waals surface area contributed by atoms with Gasteiger partial charge in [-0.15, -0.1) is 0 Å². The first kappa shape index (κ1) is 21.8. The molecule has 162 valence electrons. The number of sulfonamides is 1. The maximum Gasteiger partial charge on any atom is 0.267 e. The normalized spacial score (nSPS) is 14.6. The van der Waals surface area contributed by atoms with E-state index in [2.05, 4.69) is 10.2 Å². The number of nitrogens with one attached hydrogen (secondary N) is 1. The molecule has 1 aromatic carbocycles. The highest BCUT2D eigenvalue weighted by Gasteiger charge is 2.22. The quantitative estimate of drug-likeness (QED) is 0.673. The lowest BCUT2D eigenvalue weighted by molar-refractivity contribution is -0.131. The minimum absolute atomic E-state index is 0.0776. The molecule has 1 aliphatic rings. The van der Waals surface area contributed by atoms with Crippen molar-refractivity contribution >= 4 is 27.5 Å². The molecule has 30 heavy (non-hydrogen) atoms. The number of aromatic nitrogens is 1. The fourth-order valence-electron chi connectivity index (χ4n) is 3.31. The standard InChI is InChI=1S/C19H24FN5O4S/c1-23-13-16(30(21,28)29)12-17(23)19(27)22-7-6-18(26)25-10-8-24(9-11-25)15-4-2-14(20)3-5-15/h2-5,12-13H,6-11H2,1H3,(H,22,27)(H2,21,28,29). The highest BCUT2D eigenvalue weighted by molar-refractivity contribution is 7.89. The van der Waals surface area contributed by atoms with Crippen LogP contribution in [-0.4, -0.2) is 62.4 Å². The summed E-state index contributed by atoms with van der Waals surface area (Å²) in [5.74, 6) is -0.849. The van der Waals surface area contributed by atoms with E-state index in [4.69, 9.17) is 5.14 Å². The Balaban J connectivity index is 1.46. The number of halogens is 1. The molecular formula is C19H24FN5O4S. The molecule has 0 atom stereocenters. The Kier molecular flexibility index (Phi) is 6.42. The lowest BCUT2D eigenvalue weighted by atomic mass is 10.2.